The first-order chi connectivity index (χ1) is 8.77. The van der Waals surface area contributed by atoms with Gasteiger partial charge in [0.2, 0.25) is 0 Å². The fourth-order valence-corrected chi connectivity index (χ4v) is 2.77. The first-order valence-electron chi connectivity index (χ1n) is 6.48. The van der Waals surface area contributed by atoms with Gasteiger partial charge in [0, 0.05) is 12.0 Å². The Balaban J connectivity index is 2.30. The fourth-order valence-electron chi connectivity index (χ4n) is 2.77. The third-order valence-corrected chi connectivity index (χ3v) is 3.68. The molecular weight excluding hydrogens is 224 g/mol. The van der Waals surface area contributed by atoms with Crippen molar-refractivity contribution >= 4 is 0 Å². The number of benzene rings is 1. The van der Waals surface area contributed by atoms with Crippen molar-refractivity contribution in [2.75, 3.05) is 0 Å². The Bertz CT molecular complexity index is 624. The zero-order valence-corrected chi connectivity index (χ0v) is 10.5. The second-order valence-corrected chi connectivity index (χ2v) is 4.86. The van der Waals surface area contributed by atoms with Gasteiger partial charge in [0.05, 0.1) is 0 Å². The Morgan fingerprint density at radius 1 is 1.06 bits per heavy atom. The quantitative estimate of drug-likeness (QED) is 0.763. The Hall–Kier alpha value is -1.83. The van der Waals surface area contributed by atoms with Crippen molar-refractivity contribution in [1.82, 2.24) is 0 Å². The van der Waals surface area contributed by atoms with Crippen LogP contribution in [0, 0.1) is 6.92 Å². The molecule has 0 bridgehead atoms. The summed E-state index contributed by atoms with van der Waals surface area (Å²) in [5.41, 5.74) is 4.02. The van der Waals surface area contributed by atoms with Gasteiger partial charge < -0.3 is 4.42 Å². The molecule has 0 atom stereocenters. The van der Waals surface area contributed by atoms with Crippen molar-refractivity contribution in [3.63, 3.8) is 0 Å². The molecule has 1 heterocycles. The predicted molar refractivity (Wildman–Crippen MR) is 71.8 cm³/mol. The van der Waals surface area contributed by atoms with Gasteiger partial charge in [-0.2, -0.15) is 0 Å². The summed E-state index contributed by atoms with van der Waals surface area (Å²) >= 11 is 0. The Labute approximate surface area is 106 Å². The van der Waals surface area contributed by atoms with Crippen LogP contribution in [0.3, 0.4) is 0 Å². The Morgan fingerprint density at radius 2 is 1.78 bits per heavy atom. The molecule has 1 aliphatic carbocycles. The van der Waals surface area contributed by atoms with Crippen molar-refractivity contribution in [2.45, 2.75) is 32.6 Å². The first-order valence-corrected chi connectivity index (χ1v) is 6.48. The number of fused-ring (bicyclic) bond motifs is 1. The maximum Gasteiger partial charge on any atom is 0.339 e. The van der Waals surface area contributed by atoms with Crippen molar-refractivity contribution in [3.05, 3.63) is 57.6 Å². The highest BCUT2D eigenvalue weighted by molar-refractivity contribution is 5.71. The van der Waals surface area contributed by atoms with E-state index in [1.807, 2.05) is 25.1 Å². The van der Waals surface area contributed by atoms with Crippen LogP contribution in [-0.4, -0.2) is 0 Å². The van der Waals surface area contributed by atoms with Crippen LogP contribution in [0.2, 0.25) is 0 Å². The Kier molecular flexibility index (Phi) is 2.78. The normalized spacial score (nSPS) is 14.3. The molecule has 1 aliphatic rings. The van der Waals surface area contributed by atoms with Crippen LogP contribution in [0.4, 0.5) is 0 Å². The van der Waals surface area contributed by atoms with E-state index < -0.39 is 0 Å². The zero-order chi connectivity index (χ0) is 12.5. The van der Waals surface area contributed by atoms with Crippen molar-refractivity contribution < 1.29 is 4.42 Å². The van der Waals surface area contributed by atoms with Gasteiger partial charge in [-0.3, -0.25) is 0 Å². The first kappa shape index (κ1) is 11.3. The molecular formula is C16H16O2. The van der Waals surface area contributed by atoms with Crippen molar-refractivity contribution in [2.24, 2.45) is 0 Å². The molecule has 2 heteroatoms. The smallest absolute Gasteiger partial charge is 0.339 e. The largest absolute Gasteiger partial charge is 0.427 e. The predicted octanol–water partition coefficient (Wildman–Crippen LogP) is 3.49. The summed E-state index contributed by atoms with van der Waals surface area (Å²) in [5.74, 6) is 0.899. The van der Waals surface area contributed by atoms with E-state index in [1.54, 1.807) is 0 Å². The van der Waals surface area contributed by atoms with Crippen LogP contribution in [0.5, 0.6) is 0 Å². The van der Waals surface area contributed by atoms with E-state index in [0.717, 1.165) is 41.7 Å². The number of hydrogen-bond donors (Lipinski definition) is 0. The maximum atomic E-state index is 11.9. The molecule has 0 N–H and O–H groups in total. The topological polar surface area (TPSA) is 30.2 Å². The summed E-state index contributed by atoms with van der Waals surface area (Å²) in [5, 5.41) is 0. The van der Waals surface area contributed by atoms with Gasteiger partial charge in [-0.1, -0.05) is 30.3 Å². The molecule has 0 saturated heterocycles. The molecule has 18 heavy (non-hydrogen) atoms. The molecule has 0 amide bonds. The molecule has 1 aromatic carbocycles. The lowest BCUT2D eigenvalue weighted by Gasteiger charge is -2.19. The minimum absolute atomic E-state index is 0.186. The molecule has 0 spiro atoms. The van der Waals surface area contributed by atoms with Crippen molar-refractivity contribution in [3.8, 4) is 11.1 Å². The average Bonchev–Trinajstić information content (AvgIpc) is 2.41. The Morgan fingerprint density at radius 3 is 2.56 bits per heavy atom. The van der Waals surface area contributed by atoms with Crippen LogP contribution in [-0.2, 0) is 12.8 Å². The third kappa shape index (κ3) is 1.78. The maximum absolute atomic E-state index is 11.9. The summed E-state index contributed by atoms with van der Waals surface area (Å²) in [6.07, 6.45) is 4.21. The lowest BCUT2D eigenvalue weighted by Crippen LogP contribution is -2.14. The van der Waals surface area contributed by atoms with Crippen LogP contribution >= 0.6 is 0 Å². The number of rotatable bonds is 1. The average molecular weight is 240 g/mol. The highest BCUT2D eigenvalue weighted by Gasteiger charge is 2.20. The monoisotopic (exact) mass is 240 g/mol. The van der Waals surface area contributed by atoms with Crippen LogP contribution in [0.15, 0.2) is 39.5 Å². The molecule has 0 radical (unpaired) electrons. The zero-order valence-electron chi connectivity index (χ0n) is 10.5. The number of hydrogen-bond acceptors (Lipinski definition) is 2. The van der Waals surface area contributed by atoms with Crippen molar-refractivity contribution in [1.29, 1.82) is 0 Å². The fraction of sp³-hybridized carbons (Fsp3) is 0.312. The lowest BCUT2D eigenvalue weighted by molar-refractivity contribution is 0.425. The summed E-state index contributed by atoms with van der Waals surface area (Å²) in [7, 11) is 0. The van der Waals surface area contributed by atoms with E-state index in [0.29, 0.717) is 0 Å². The van der Waals surface area contributed by atoms with Gasteiger partial charge in [-0.15, -0.1) is 0 Å². The van der Waals surface area contributed by atoms with E-state index in [1.165, 1.54) is 12.0 Å². The van der Waals surface area contributed by atoms with Gasteiger partial charge in [-0.25, -0.2) is 4.79 Å². The van der Waals surface area contributed by atoms with Gasteiger partial charge in [0.1, 0.15) is 5.76 Å². The van der Waals surface area contributed by atoms with E-state index in [9.17, 15) is 4.79 Å². The molecule has 1 aromatic heterocycles. The van der Waals surface area contributed by atoms with E-state index >= 15 is 0 Å². The molecule has 0 fully saturated rings. The van der Waals surface area contributed by atoms with Crippen LogP contribution < -0.4 is 5.63 Å². The van der Waals surface area contributed by atoms with Gasteiger partial charge in [0.15, 0.2) is 0 Å². The second-order valence-electron chi connectivity index (χ2n) is 4.86. The van der Waals surface area contributed by atoms with Crippen LogP contribution in [0.1, 0.15) is 29.7 Å². The highest BCUT2D eigenvalue weighted by Crippen LogP contribution is 2.32. The lowest BCUT2D eigenvalue weighted by atomic mass is 9.88. The summed E-state index contributed by atoms with van der Waals surface area (Å²) < 4.78 is 5.44. The summed E-state index contributed by atoms with van der Waals surface area (Å²) in [6.45, 7) is 1.86. The van der Waals surface area contributed by atoms with Gasteiger partial charge in [0.25, 0.3) is 0 Å². The standard InChI is InChI=1S/C16H16O2/c1-11-15(12-7-3-2-4-8-12)13-9-5-6-10-14(13)18-16(11)17/h2-4,7-8H,5-6,9-10H2,1H3. The molecule has 2 aromatic rings. The van der Waals surface area contributed by atoms with E-state index in [2.05, 4.69) is 12.1 Å². The number of aryl methyl sites for hydroxylation is 1. The summed E-state index contributed by atoms with van der Waals surface area (Å²) in [6, 6.07) is 10.2. The highest BCUT2D eigenvalue weighted by atomic mass is 16.4. The molecule has 0 unspecified atom stereocenters. The molecule has 3 rings (SSSR count). The van der Waals surface area contributed by atoms with Crippen LogP contribution in [0.25, 0.3) is 11.1 Å². The molecule has 0 aliphatic heterocycles. The van der Waals surface area contributed by atoms with Gasteiger partial charge in [-0.05, 0) is 42.9 Å². The molecule has 2 nitrogen and oxygen atoms in total. The van der Waals surface area contributed by atoms with E-state index in [4.69, 9.17) is 4.42 Å². The third-order valence-electron chi connectivity index (χ3n) is 3.68. The minimum atomic E-state index is -0.186. The van der Waals surface area contributed by atoms with E-state index in [-0.39, 0.29) is 5.63 Å². The van der Waals surface area contributed by atoms with Gasteiger partial charge >= 0.3 is 5.63 Å². The second kappa shape index (κ2) is 4.45. The SMILES string of the molecule is Cc1c(-c2ccccc2)c2c(oc1=O)CCCC2. The minimum Gasteiger partial charge on any atom is -0.427 e. The molecule has 92 valence electrons. The summed E-state index contributed by atoms with van der Waals surface area (Å²) in [4.78, 5) is 11.9. The molecule has 0 saturated carbocycles.